The molecule has 0 saturated carbocycles. The highest BCUT2D eigenvalue weighted by molar-refractivity contribution is 5.96. The summed E-state index contributed by atoms with van der Waals surface area (Å²) in [5.41, 5.74) is 1.09. The lowest BCUT2D eigenvalue weighted by Crippen LogP contribution is -1.98. The minimum absolute atomic E-state index is 0.0534. The fourth-order valence-corrected chi connectivity index (χ4v) is 1.04. The zero-order valence-electron chi connectivity index (χ0n) is 6.84. The van der Waals surface area contributed by atoms with E-state index in [1.807, 2.05) is 0 Å². The zero-order valence-corrected chi connectivity index (χ0v) is 6.84. The zero-order chi connectivity index (χ0) is 9.30. The quantitative estimate of drug-likeness (QED) is 0.650. The smallest absolute Gasteiger partial charge is 0.352 e. The number of carboxylic acid groups (broad SMARTS) is 1. The topological polar surface area (TPSA) is 70.2 Å². The molecule has 0 saturated heterocycles. The van der Waals surface area contributed by atoms with Crippen LogP contribution in [-0.4, -0.2) is 21.8 Å². The van der Waals surface area contributed by atoms with Gasteiger partial charge in [0.2, 0.25) is 0 Å². The highest BCUT2D eigenvalue weighted by Gasteiger charge is 2.11. The van der Waals surface area contributed by atoms with E-state index >= 15 is 0 Å². The second-order valence-corrected chi connectivity index (χ2v) is 2.60. The molecule has 1 aromatic rings. The summed E-state index contributed by atoms with van der Waals surface area (Å²) in [7, 11) is 0. The number of hydrogen-bond donors (Lipinski definition) is 2. The molecule has 12 heavy (non-hydrogen) atoms. The molecular formula is C8H9NO3. The number of aryl methyl sites for hydroxylation is 1. The molecule has 0 unspecified atom stereocenters. The van der Waals surface area contributed by atoms with Crippen LogP contribution in [0.3, 0.4) is 0 Å². The van der Waals surface area contributed by atoms with E-state index < -0.39 is 5.97 Å². The van der Waals surface area contributed by atoms with Crippen molar-refractivity contribution in [2.75, 3.05) is 0 Å². The lowest BCUT2D eigenvalue weighted by molar-refractivity contribution is 0.0691. The molecule has 1 aromatic heterocycles. The van der Waals surface area contributed by atoms with Crippen molar-refractivity contribution in [3.8, 4) is 0 Å². The molecule has 4 nitrogen and oxygen atoms in total. The molecule has 2 N–H and O–H groups in total. The van der Waals surface area contributed by atoms with Crippen molar-refractivity contribution in [2.24, 2.45) is 0 Å². The first-order valence-corrected chi connectivity index (χ1v) is 3.46. The summed E-state index contributed by atoms with van der Waals surface area (Å²) in [6.07, 6.45) is 0. The van der Waals surface area contributed by atoms with Crippen molar-refractivity contribution in [1.29, 1.82) is 0 Å². The fraction of sp³-hybridized carbons (Fsp3) is 0.250. The van der Waals surface area contributed by atoms with Crippen LogP contribution in [-0.2, 0) is 0 Å². The second kappa shape index (κ2) is 2.81. The van der Waals surface area contributed by atoms with E-state index in [9.17, 15) is 9.59 Å². The number of H-pyrrole nitrogens is 1. The standard InChI is InChI=1S/C8H9NO3/c1-4-3-6(8(11)12)9-7(4)5(2)10/h3,9H,1-2H3,(H,11,12). The summed E-state index contributed by atoms with van der Waals surface area (Å²) < 4.78 is 0. The molecule has 0 bridgehead atoms. The molecule has 0 aliphatic heterocycles. The van der Waals surface area contributed by atoms with Crippen LogP contribution in [0.1, 0.15) is 33.5 Å². The highest BCUT2D eigenvalue weighted by atomic mass is 16.4. The minimum atomic E-state index is -1.05. The monoisotopic (exact) mass is 167 g/mol. The molecule has 0 atom stereocenters. The molecule has 0 amide bonds. The average Bonchev–Trinajstić information content (AvgIpc) is 2.30. The van der Waals surface area contributed by atoms with Crippen LogP contribution in [0.5, 0.6) is 0 Å². The van der Waals surface area contributed by atoms with Gasteiger partial charge in [-0.2, -0.15) is 0 Å². The maximum atomic E-state index is 10.9. The summed E-state index contributed by atoms with van der Waals surface area (Å²) in [5.74, 6) is -1.20. The third-order valence-electron chi connectivity index (χ3n) is 1.60. The van der Waals surface area contributed by atoms with Crippen LogP contribution in [0.25, 0.3) is 0 Å². The van der Waals surface area contributed by atoms with E-state index in [0.717, 1.165) is 0 Å². The van der Waals surface area contributed by atoms with Gasteiger partial charge in [0, 0.05) is 6.92 Å². The predicted octanol–water partition coefficient (Wildman–Crippen LogP) is 1.22. The normalized spacial score (nSPS) is 9.83. The number of carbonyl (C=O) groups is 2. The van der Waals surface area contributed by atoms with Crippen molar-refractivity contribution < 1.29 is 14.7 Å². The summed E-state index contributed by atoms with van der Waals surface area (Å²) in [5, 5.41) is 8.56. The minimum Gasteiger partial charge on any atom is -0.477 e. The first kappa shape index (κ1) is 8.52. The Labute approximate surface area is 69.2 Å². The Kier molecular flexibility index (Phi) is 1.99. The first-order valence-electron chi connectivity index (χ1n) is 3.46. The number of ketones is 1. The van der Waals surface area contributed by atoms with Gasteiger partial charge in [-0.15, -0.1) is 0 Å². The summed E-state index contributed by atoms with van der Waals surface area (Å²) in [6, 6.07) is 1.44. The van der Waals surface area contributed by atoms with Crippen molar-refractivity contribution in [2.45, 2.75) is 13.8 Å². The van der Waals surface area contributed by atoms with Crippen molar-refractivity contribution >= 4 is 11.8 Å². The lowest BCUT2D eigenvalue weighted by atomic mass is 10.2. The van der Waals surface area contributed by atoms with E-state index in [1.165, 1.54) is 13.0 Å². The number of aromatic carboxylic acids is 1. The number of carbonyl (C=O) groups excluding carboxylic acids is 1. The maximum absolute atomic E-state index is 10.9. The molecular weight excluding hydrogens is 158 g/mol. The number of carboxylic acids is 1. The van der Waals surface area contributed by atoms with Crippen LogP contribution in [0, 0.1) is 6.92 Å². The molecule has 0 radical (unpaired) electrons. The fourth-order valence-electron chi connectivity index (χ4n) is 1.04. The Morgan fingerprint density at radius 3 is 2.33 bits per heavy atom. The van der Waals surface area contributed by atoms with Gasteiger partial charge in [-0.1, -0.05) is 0 Å². The number of aromatic amines is 1. The molecule has 0 aliphatic carbocycles. The first-order chi connectivity index (χ1) is 5.52. The van der Waals surface area contributed by atoms with E-state index in [-0.39, 0.29) is 11.5 Å². The molecule has 0 aliphatic rings. The Hall–Kier alpha value is -1.58. The van der Waals surface area contributed by atoms with Crippen LogP contribution in [0.15, 0.2) is 6.07 Å². The van der Waals surface area contributed by atoms with Crippen molar-refractivity contribution in [1.82, 2.24) is 4.98 Å². The van der Waals surface area contributed by atoms with Crippen LogP contribution < -0.4 is 0 Å². The van der Waals surface area contributed by atoms with Crippen molar-refractivity contribution in [3.05, 3.63) is 23.0 Å². The summed E-state index contributed by atoms with van der Waals surface area (Å²) >= 11 is 0. The number of rotatable bonds is 2. The Bertz CT molecular complexity index is 338. The number of aromatic nitrogens is 1. The van der Waals surface area contributed by atoms with Gasteiger partial charge < -0.3 is 10.1 Å². The van der Waals surface area contributed by atoms with E-state index in [2.05, 4.69) is 4.98 Å². The second-order valence-electron chi connectivity index (χ2n) is 2.60. The van der Waals surface area contributed by atoms with Gasteiger partial charge in [0.25, 0.3) is 0 Å². The maximum Gasteiger partial charge on any atom is 0.352 e. The van der Waals surface area contributed by atoms with E-state index in [0.29, 0.717) is 11.3 Å². The van der Waals surface area contributed by atoms with Gasteiger partial charge in [-0.25, -0.2) is 4.79 Å². The molecule has 1 heterocycles. The molecule has 0 spiro atoms. The lowest BCUT2D eigenvalue weighted by Gasteiger charge is -1.89. The Morgan fingerprint density at radius 1 is 1.50 bits per heavy atom. The van der Waals surface area contributed by atoms with Gasteiger partial charge in [0.1, 0.15) is 5.69 Å². The largest absolute Gasteiger partial charge is 0.477 e. The van der Waals surface area contributed by atoms with Gasteiger partial charge in [-0.3, -0.25) is 4.79 Å². The molecule has 0 aromatic carbocycles. The molecule has 0 fully saturated rings. The van der Waals surface area contributed by atoms with Gasteiger partial charge in [0.15, 0.2) is 5.78 Å². The third kappa shape index (κ3) is 1.37. The molecule has 4 heteroatoms. The van der Waals surface area contributed by atoms with Crippen LogP contribution in [0.2, 0.25) is 0 Å². The van der Waals surface area contributed by atoms with E-state index in [1.54, 1.807) is 6.92 Å². The predicted molar refractivity (Wildman–Crippen MR) is 42.5 cm³/mol. The average molecular weight is 167 g/mol. The summed E-state index contributed by atoms with van der Waals surface area (Å²) in [6.45, 7) is 3.09. The van der Waals surface area contributed by atoms with Crippen LogP contribution in [0.4, 0.5) is 0 Å². The highest BCUT2D eigenvalue weighted by Crippen LogP contribution is 2.09. The Morgan fingerprint density at radius 2 is 2.08 bits per heavy atom. The van der Waals surface area contributed by atoms with Gasteiger partial charge >= 0.3 is 5.97 Å². The molecule has 1 rings (SSSR count). The van der Waals surface area contributed by atoms with Crippen molar-refractivity contribution in [3.63, 3.8) is 0 Å². The van der Waals surface area contributed by atoms with E-state index in [4.69, 9.17) is 5.11 Å². The van der Waals surface area contributed by atoms with Gasteiger partial charge in [0.05, 0.1) is 5.69 Å². The SMILES string of the molecule is CC(=O)c1[nH]c(C(=O)O)cc1C. The van der Waals surface area contributed by atoms with Crippen LogP contribution >= 0.6 is 0 Å². The Balaban J connectivity index is 3.17. The molecule has 64 valence electrons. The third-order valence-corrected chi connectivity index (χ3v) is 1.60. The number of Topliss-reactive ketones (excluding diaryl/α,β-unsaturated/α-hetero) is 1. The van der Waals surface area contributed by atoms with Gasteiger partial charge in [-0.05, 0) is 18.6 Å². The number of nitrogens with one attached hydrogen (secondary N) is 1. The number of hydrogen-bond acceptors (Lipinski definition) is 2. The summed E-state index contributed by atoms with van der Waals surface area (Å²) in [4.78, 5) is 23.9.